The Hall–Kier alpha value is -1.35. The molecule has 1 spiro atoms. The van der Waals surface area contributed by atoms with Crippen molar-refractivity contribution in [3.8, 4) is 0 Å². The summed E-state index contributed by atoms with van der Waals surface area (Å²) in [5.74, 6) is 0. The molecule has 0 aliphatic carbocycles. The highest BCUT2D eigenvalue weighted by Crippen LogP contribution is 2.51. The second-order valence-corrected chi connectivity index (χ2v) is 6.32. The molecule has 1 atom stereocenters. The first-order valence-electron chi connectivity index (χ1n) is 7.52. The van der Waals surface area contributed by atoms with Crippen molar-refractivity contribution in [3.05, 3.63) is 70.2 Å². The summed E-state index contributed by atoms with van der Waals surface area (Å²) < 4.78 is 6.60. The first kappa shape index (κ1) is 13.3. The Morgan fingerprint density at radius 3 is 2.57 bits per heavy atom. The third kappa shape index (κ3) is 2.18. The van der Waals surface area contributed by atoms with E-state index in [1.54, 1.807) is 0 Å². The summed E-state index contributed by atoms with van der Waals surface area (Å²) in [5.41, 5.74) is 3.60. The molecule has 21 heavy (non-hydrogen) atoms. The lowest BCUT2D eigenvalue weighted by molar-refractivity contribution is -0.0798. The fourth-order valence-electron chi connectivity index (χ4n) is 3.60. The summed E-state index contributed by atoms with van der Waals surface area (Å²) in [6.07, 6.45) is 2.03. The van der Waals surface area contributed by atoms with E-state index in [0.29, 0.717) is 0 Å². The molecular weight excluding hydrogens is 282 g/mol. The number of benzene rings is 2. The molecule has 4 rings (SSSR count). The lowest BCUT2D eigenvalue weighted by atomic mass is 9.84. The van der Waals surface area contributed by atoms with Crippen LogP contribution in [0.3, 0.4) is 0 Å². The van der Waals surface area contributed by atoms with E-state index >= 15 is 0 Å². The molecule has 2 aliphatic rings. The van der Waals surface area contributed by atoms with Gasteiger partial charge in [0.2, 0.25) is 0 Å². The summed E-state index contributed by atoms with van der Waals surface area (Å²) >= 11 is 6.25. The predicted molar refractivity (Wildman–Crippen MR) is 84.6 cm³/mol. The van der Waals surface area contributed by atoms with Crippen LogP contribution in [0.1, 0.15) is 35.6 Å². The molecule has 1 N–H and O–H groups in total. The maximum atomic E-state index is 6.60. The molecule has 108 valence electrons. The van der Waals surface area contributed by atoms with Crippen molar-refractivity contribution in [3.63, 3.8) is 0 Å². The van der Waals surface area contributed by atoms with E-state index in [1.165, 1.54) is 16.7 Å². The number of hydrogen-bond acceptors (Lipinski definition) is 2. The maximum absolute atomic E-state index is 6.60. The normalized spacial score (nSPS) is 23.2. The van der Waals surface area contributed by atoms with Crippen molar-refractivity contribution in [1.29, 1.82) is 0 Å². The quantitative estimate of drug-likeness (QED) is 0.858. The van der Waals surface area contributed by atoms with Crippen LogP contribution in [0, 0.1) is 0 Å². The first-order chi connectivity index (χ1) is 10.3. The predicted octanol–water partition coefficient (Wildman–Crippen LogP) is 4.04. The number of halogens is 1. The van der Waals surface area contributed by atoms with Crippen molar-refractivity contribution >= 4 is 11.6 Å². The van der Waals surface area contributed by atoms with E-state index in [0.717, 1.165) is 31.0 Å². The number of piperidine rings is 1. The fraction of sp³-hybridized carbons (Fsp3) is 0.333. The van der Waals surface area contributed by atoms with Crippen LogP contribution in [-0.2, 0) is 10.3 Å². The number of hydrogen-bond donors (Lipinski definition) is 1. The summed E-state index contributed by atoms with van der Waals surface area (Å²) in [5, 5.41) is 4.22. The van der Waals surface area contributed by atoms with E-state index in [2.05, 4.69) is 41.7 Å². The van der Waals surface area contributed by atoms with Crippen LogP contribution in [0.25, 0.3) is 0 Å². The third-order valence-corrected chi connectivity index (χ3v) is 4.88. The largest absolute Gasteiger partial charge is 0.358 e. The highest BCUT2D eigenvalue weighted by molar-refractivity contribution is 6.30. The minimum Gasteiger partial charge on any atom is -0.358 e. The first-order valence-corrected chi connectivity index (χ1v) is 7.90. The smallest absolute Gasteiger partial charge is 0.109 e. The zero-order valence-electron chi connectivity index (χ0n) is 11.8. The Bertz CT molecular complexity index is 650. The van der Waals surface area contributed by atoms with Crippen LogP contribution in [0.4, 0.5) is 0 Å². The zero-order valence-corrected chi connectivity index (χ0v) is 12.6. The molecule has 0 amide bonds. The van der Waals surface area contributed by atoms with Gasteiger partial charge in [-0.2, -0.15) is 0 Å². The monoisotopic (exact) mass is 299 g/mol. The van der Waals surface area contributed by atoms with Gasteiger partial charge < -0.3 is 10.1 Å². The molecule has 1 saturated heterocycles. The maximum Gasteiger partial charge on any atom is 0.109 e. The van der Waals surface area contributed by atoms with Gasteiger partial charge in [-0.3, -0.25) is 0 Å². The molecule has 2 aromatic rings. The summed E-state index contributed by atoms with van der Waals surface area (Å²) in [6, 6.07) is 16.7. The van der Waals surface area contributed by atoms with Gasteiger partial charge in [-0.15, -0.1) is 0 Å². The second-order valence-electron chi connectivity index (χ2n) is 5.88. The zero-order chi connectivity index (χ0) is 14.3. The van der Waals surface area contributed by atoms with Crippen molar-refractivity contribution in [2.75, 3.05) is 13.1 Å². The Balaban J connectivity index is 1.83. The molecule has 2 aromatic carbocycles. The third-order valence-electron chi connectivity index (χ3n) is 4.65. The Labute approximate surface area is 130 Å². The van der Waals surface area contributed by atoms with E-state index in [1.807, 2.05) is 12.1 Å². The molecule has 0 saturated carbocycles. The Morgan fingerprint density at radius 1 is 1.05 bits per heavy atom. The van der Waals surface area contributed by atoms with Gasteiger partial charge in [-0.05, 0) is 54.8 Å². The average molecular weight is 300 g/mol. The Morgan fingerprint density at radius 2 is 1.81 bits per heavy atom. The highest BCUT2D eigenvalue weighted by atomic mass is 35.5. The van der Waals surface area contributed by atoms with Gasteiger partial charge in [-0.25, -0.2) is 0 Å². The lowest BCUT2D eigenvalue weighted by Crippen LogP contribution is -2.39. The van der Waals surface area contributed by atoms with Crippen LogP contribution in [0.15, 0.2) is 48.5 Å². The number of nitrogens with one attached hydrogen (secondary N) is 1. The van der Waals surface area contributed by atoms with Crippen LogP contribution < -0.4 is 5.32 Å². The van der Waals surface area contributed by atoms with Gasteiger partial charge in [0.25, 0.3) is 0 Å². The van der Waals surface area contributed by atoms with E-state index < -0.39 is 0 Å². The van der Waals surface area contributed by atoms with E-state index in [4.69, 9.17) is 16.3 Å². The SMILES string of the molecule is Clc1ccc2c(c1)C1(CCNCC1)O[C@@H]2c1ccccc1. The van der Waals surface area contributed by atoms with E-state index in [-0.39, 0.29) is 11.7 Å². The summed E-state index contributed by atoms with van der Waals surface area (Å²) in [4.78, 5) is 0. The second kappa shape index (κ2) is 5.13. The van der Waals surface area contributed by atoms with Crippen LogP contribution >= 0.6 is 11.6 Å². The van der Waals surface area contributed by atoms with E-state index in [9.17, 15) is 0 Å². The van der Waals surface area contributed by atoms with Gasteiger partial charge in [0.15, 0.2) is 0 Å². The minimum atomic E-state index is -0.175. The molecule has 0 unspecified atom stereocenters. The highest BCUT2D eigenvalue weighted by Gasteiger charge is 2.45. The molecule has 2 nitrogen and oxygen atoms in total. The van der Waals surface area contributed by atoms with Crippen LogP contribution in [-0.4, -0.2) is 13.1 Å². The van der Waals surface area contributed by atoms with Crippen molar-refractivity contribution < 1.29 is 4.74 Å². The van der Waals surface area contributed by atoms with Crippen molar-refractivity contribution in [1.82, 2.24) is 5.32 Å². The van der Waals surface area contributed by atoms with Gasteiger partial charge in [0, 0.05) is 5.02 Å². The molecule has 0 aromatic heterocycles. The average Bonchev–Trinajstić information content (AvgIpc) is 2.83. The Kier molecular flexibility index (Phi) is 3.26. The van der Waals surface area contributed by atoms with Gasteiger partial charge in [-0.1, -0.05) is 48.0 Å². The molecule has 0 bridgehead atoms. The molecule has 1 fully saturated rings. The molecule has 2 aliphatic heterocycles. The summed E-state index contributed by atoms with van der Waals surface area (Å²) in [7, 11) is 0. The molecule has 0 radical (unpaired) electrons. The van der Waals surface area contributed by atoms with Gasteiger partial charge in [0.05, 0.1) is 5.60 Å². The topological polar surface area (TPSA) is 21.3 Å². The molecular formula is C18H18ClNO. The minimum absolute atomic E-state index is 0.0246. The summed E-state index contributed by atoms with van der Waals surface area (Å²) in [6.45, 7) is 1.99. The molecule has 2 heterocycles. The van der Waals surface area contributed by atoms with Gasteiger partial charge in [0.1, 0.15) is 6.10 Å². The molecule has 3 heteroatoms. The lowest BCUT2D eigenvalue weighted by Gasteiger charge is -2.35. The fourth-order valence-corrected chi connectivity index (χ4v) is 3.77. The van der Waals surface area contributed by atoms with Crippen LogP contribution in [0.5, 0.6) is 0 Å². The van der Waals surface area contributed by atoms with Crippen molar-refractivity contribution in [2.24, 2.45) is 0 Å². The van der Waals surface area contributed by atoms with Crippen LogP contribution in [0.2, 0.25) is 5.02 Å². The number of ether oxygens (including phenoxy) is 1. The van der Waals surface area contributed by atoms with Crippen molar-refractivity contribution in [2.45, 2.75) is 24.5 Å². The van der Waals surface area contributed by atoms with Gasteiger partial charge >= 0.3 is 0 Å². The number of fused-ring (bicyclic) bond motifs is 2. The number of rotatable bonds is 1. The standard InChI is InChI=1S/C18H18ClNO/c19-14-6-7-15-16(12-14)18(8-10-20-11-9-18)21-17(15)13-4-2-1-3-5-13/h1-7,12,17,20H,8-11H2/t17-/m1/s1.